The molecule has 0 bridgehead atoms. The van der Waals surface area contributed by atoms with E-state index in [9.17, 15) is 4.79 Å². The first-order chi connectivity index (χ1) is 11.8. The molecule has 124 valence electrons. The van der Waals surface area contributed by atoms with Gasteiger partial charge in [0.1, 0.15) is 11.6 Å². The molecule has 3 heterocycles. The first-order valence-electron chi connectivity index (χ1n) is 8.31. The molecular weight excluding hydrogens is 304 g/mol. The maximum atomic E-state index is 12.0. The summed E-state index contributed by atoms with van der Waals surface area (Å²) in [6.45, 7) is 1.35. The number of nitrogens with zero attached hydrogens (tertiary/aromatic N) is 2. The Bertz CT molecular complexity index is 827. The zero-order chi connectivity index (χ0) is 16.5. The van der Waals surface area contributed by atoms with Gasteiger partial charge in [-0.25, -0.2) is 9.97 Å². The molecule has 0 unspecified atom stereocenters. The maximum absolute atomic E-state index is 12.0. The normalized spacial score (nSPS) is 17.5. The topological polar surface area (TPSA) is 76.1 Å². The van der Waals surface area contributed by atoms with Crippen molar-refractivity contribution in [1.29, 1.82) is 0 Å². The molecule has 6 heteroatoms. The van der Waals surface area contributed by atoms with Crippen LogP contribution in [0.5, 0.6) is 0 Å². The summed E-state index contributed by atoms with van der Waals surface area (Å²) >= 11 is 0. The Kier molecular flexibility index (Phi) is 3.90. The van der Waals surface area contributed by atoms with Crippen LogP contribution in [0.25, 0.3) is 16.3 Å². The van der Waals surface area contributed by atoms with E-state index in [0.29, 0.717) is 12.4 Å². The van der Waals surface area contributed by atoms with E-state index < -0.39 is 0 Å². The Morgan fingerprint density at radius 2 is 2.12 bits per heavy atom. The summed E-state index contributed by atoms with van der Waals surface area (Å²) in [5.74, 6) is 1.61. The number of aromatic nitrogens is 2. The van der Waals surface area contributed by atoms with Gasteiger partial charge in [0.15, 0.2) is 0 Å². The number of pyridine rings is 2. The van der Waals surface area contributed by atoms with Crippen molar-refractivity contribution in [2.24, 2.45) is 5.92 Å². The molecule has 2 N–H and O–H groups in total. The van der Waals surface area contributed by atoms with Crippen LogP contribution < -0.4 is 10.6 Å². The summed E-state index contributed by atoms with van der Waals surface area (Å²) in [5.41, 5.74) is 2.31. The number of nitrogens with one attached hydrogen (secondary N) is 2. The molecule has 2 aliphatic rings. The van der Waals surface area contributed by atoms with Crippen molar-refractivity contribution in [2.45, 2.75) is 19.3 Å². The highest BCUT2D eigenvalue weighted by molar-refractivity contribution is 6.02. The van der Waals surface area contributed by atoms with Crippen molar-refractivity contribution in [3.8, 4) is 0 Å². The number of carbonyl (C=O) groups is 1. The van der Waals surface area contributed by atoms with Crippen LogP contribution in [-0.4, -0.2) is 36.1 Å². The van der Waals surface area contributed by atoms with Gasteiger partial charge in [-0.3, -0.25) is 4.79 Å². The average molecular weight is 324 g/mol. The second-order valence-electron chi connectivity index (χ2n) is 6.20. The van der Waals surface area contributed by atoms with Crippen molar-refractivity contribution >= 4 is 33.9 Å². The lowest BCUT2D eigenvalue weighted by atomic mass is 9.98. The summed E-state index contributed by atoms with van der Waals surface area (Å²) in [6.07, 6.45) is 8.58. The fraction of sp³-hybridized carbons (Fsp3) is 0.389. The molecule has 1 aliphatic heterocycles. The van der Waals surface area contributed by atoms with Gasteiger partial charge in [-0.2, -0.15) is 0 Å². The Balaban J connectivity index is 1.79. The van der Waals surface area contributed by atoms with Crippen LogP contribution in [0.1, 0.15) is 24.8 Å². The molecule has 4 rings (SSSR count). The molecule has 6 nitrogen and oxygen atoms in total. The lowest BCUT2D eigenvalue weighted by molar-refractivity contribution is -0.117. The number of ether oxygens (including phenoxy) is 1. The van der Waals surface area contributed by atoms with E-state index in [2.05, 4.69) is 26.7 Å². The fourth-order valence-corrected chi connectivity index (χ4v) is 3.00. The molecule has 1 fully saturated rings. The average Bonchev–Trinajstić information content (AvgIpc) is 3.46. The van der Waals surface area contributed by atoms with Gasteiger partial charge in [-0.05, 0) is 36.3 Å². The van der Waals surface area contributed by atoms with Crippen LogP contribution in [-0.2, 0) is 9.53 Å². The van der Waals surface area contributed by atoms with E-state index in [1.165, 1.54) is 5.57 Å². The predicted octanol–water partition coefficient (Wildman–Crippen LogP) is 2.82. The van der Waals surface area contributed by atoms with Crippen LogP contribution >= 0.6 is 0 Å². The van der Waals surface area contributed by atoms with Gasteiger partial charge in [0.25, 0.3) is 0 Å². The zero-order valence-electron chi connectivity index (χ0n) is 13.6. The van der Waals surface area contributed by atoms with Crippen molar-refractivity contribution < 1.29 is 9.53 Å². The largest absolute Gasteiger partial charge is 0.377 e. The molecule has 0 spiro atoms. The van der Waals surface area contributed by atoms with E-state index in [1.54, 1.807) is 6.20 Å². The predicted molar refractivity (Wildman–Crippen MR) is 93.9 cm³/mol. The monoisotopic (exact) mass is 324 g/mol. The highest BCUT2D eigenvalue weighted by Gasteiger charge is 2.29. The standard InChI is InChI=1S/C18H20N4O2/c1-19-17-15-10-20-16(22-18(23)12-2-3-12)8-13(15)14(9-21-17)11-4-6-24-7-5-11/h4,8-10,12H,2-3,5-7H2,1H3,(H,19,21)(H,20,22,23). The quantitative estimate of drug-likeness (QED) is 0.904. The molecule has 1 saturated carbocycles. The summed E-state index contributed by atoms with van der Waals surface area (Å²) in [7, 11) is 1.85. The van der Waals surface area contributed by atoms with Gasteiger partial charge in [-0.1, -0.05) is 6.08 Å². The minimum atomic E-state index is 0.0663. The van der Waals surface area contributed by atoms with Crippen LogP contribution in [0.3, 0.4) is 0 Å². The van der Waals surface area contributed by atoms with Crippen molar-refractivity contribution in [3.05, 3.63) is 30.1 Å². The Morgan fingerprint density at radius 1 is 1.25 bits per heavy atom. The number of amides is 1. The summed E-state index contributed by atoms with van der Waals surface area (Å²) in [5, 5.41) is 8.03. The fourth-order valence-electron chi connectivity index (χ4n) is 3.00. The van der Waals surface area contributed by atoms with Gasteiger partial charge in [0.05, 0.1) is 13.2 Å². The maximum Gasteiger partial charge on any atom is 0.228 e. The van der Waals surface area contributed by atoms with Crippen LogP contribution in [0.2, 0.25) is 0 Å². The number of hydrogen-bond acceptors (Lipinski definition) is 5. The molecule has 24 heavy (non-hydrogen) atoms. The summed E-state index contributed by atoms with van der Waals surface area (Å²) < 4.78 is 5.41. The molecular formula is C18H20N4O2. The highest BCUT2D eigenvalue weighted by Crippen LogP contribution is 2.33. The number of rotatable bonds is 4. The minimum absolute atomic E-state index is 0.0663. The van der Waals surface area contributed by atoms with Crippen LogP contribution in [0, 0.1) is 5.92 Å². The molecule has 0 radical (unpaired) electrons. The number of hydrogen-bond donors (Lipinski definition) is 2. The molecule has 1 amide bonds. The SMILES string of the molecule is CNc1ncc(C2=CCOCC2)c2cc(NC(=O)C3CC3)ncc12. The Hall–Kier alpha value is -2.47. The van der Waals surface area contributed by atoms with E-state index in [1.807, 2.05) is 19.3 Å². The van der Waals surface area contributed by atoms with E-state index in [-0.39, 0.29) is 11.8 Å². The van der Waals surface area contributed by atoms with Gasteiger partial charge in [0, 0.05) is 36.3 Å². The van der Waals surface area contributed by atoms with Crippen molar-refractivity contribution in [1.82, 2.24) is 9.97 Å². The van der Waals surface area contributed by atoms with E-state index in [4.69, 9.17) is 4.74 Å². The number of anilines is 2. The van der Waals surface area contributed by atoms with Gasteiger partial charge < -0.3 is 15.4 Å². The smallest absolute Gasteiger partial charge is 0.228 e. The minimum Gasteiger partial charge on any atom is -0.377 e. The first kappa shape index (κ1) is 15.1. The molecule has 0 atom stereocenters. The van der Waals surface area contributed by atoms with Crippen molar-refractivity contribution in [2.75, 3.05) is 30.9 Å². The van der Waals surface area contributed by atoms with E-state index >= 15 is 0 Å². The van der Waals surface area contributed by atoms with Gasteiger partial charge in [-0.15, -0.1) is 0 Å². The van der Waals surface area contributed by atoms with Crippen LogP contribution in [0.4, 0.5) is 11.6 Å². The van der Waals surface area contributed by atoms with Crippen LogP contribution in [0.15, 0.2) is 24.5 Å². The summed E-state index contributed by atoms with van der Waals surface area (Å²) in [6, 6.07) is 1.95. The molecule has 0 saturated heterocycles. The third-order valence-corrected chi connectivity index (χ3v) is 4.52. The lowest BCUT2D eigenvalue weighted by Gasteiger charge is -2.17. The number of carbonyl (C=O) groups excluding carboxylic acids is 1. The highest BCUT2D eigenvalue weighted by atomic mass is 16.5. The zero-order valence-corrected chi connectivity index (χ0v) is 13.6. The Labute approximate surface area is 140 Å². The number of fused-ring (bicyclic) bond motifs is 1. The second-order valence-corrected chi connectivity index (χ2v) is 6.20. The molecule has 2 aromatic rings. The first-order valence-corrected chi connectivity index (χ1v) is 8.31. The van der Waals surface area contributed by atoms with Gasteiger partial charge >= 0.3 is 0 Å². The Morgan fingerprint density at radius 3 is 2.83 bits per heavy atom. The summed E-state index contributed by atoms with van der Waals surface area (Å²) in [4.78, 5) is 20.9. The second kappa shape index (κ2) is 6.20. The molecule has 2 aromatic heterocycles. The molecule has 1 aliphatic carbocycles. The van der Waals surface area contributed by atoms with Crippen molar-refractivity contribution in [3.63, 3.8) is 0 Å². The van der Waals surface area contributed by atoms with Gasteiger partial charge in [0.2, 0.25) is 5.91 Å². The third kappa shape index (κ3) is 2.85. The molecule has 0 aromatic carbocycles. The lowest BCUT2D eigenvalue weighted by Crippen LogP contribution is -2.14. The third-order valence-electron chi connectivity index (χ3n) is 4.52. The van der Waals surface area contributed by atoms with E-state index in [0.717, 1.165) is 48.0 Å².